The number of ether oxygens (including phenoxy) is 2. The minimum atomic E-state index is -0.603. The van der Waals surface area contributed by atoms with Gasteiger partial charge in [0.15, 0.2) is 5.60 Å². The molecule has 0 aromatic carbocycles. The van der Waals surface area contributed by atoms with Crippen molar-refractivity contribution in [2.24, 2.45) is 0 Å². The number of hydrogen-bond acceptors (Lipinski definition) is 5. The van der Waals surface area contributed by atoms with Gasteiger partial charge in [0.25, 0.3) is 0 Å². The van der Waals surface area contributed by atoms with E-state index in [1.807, 2.05) is 18.2 Å². The molecule has 118 valence electrons. The van der Waals surface area contributed by atoms with E-state index in [4.69, 9.17) is 9.47 Å². The van der Waals surface area contributed by atoms with Gasteiger partial charge in [0.1, 0.15) is 6.61 Å². The highest BCUT2D eigenvalue weighted by Crippen LogP contribution is 2.31. The van der Waals surface area contributed by atoms with E-state index in [0.29, 0.717) is 45.5 Å². The van der Waals surface area contributed by atoms with E-state index >= 15 is 0 Å². The van der Waals surface area contributed by atoms with E-state index in [-0.39, 0.29) is 6.03 Å². The Bertz CT molecular complexity index is 541. The lowest BCUT2D eigenvalue weighted by atomic mass is 9.92. The molecule has 7 nitrogen and oxygen atoms in total. The van der Waals surface area contributed by atoms with Gasteiger partial charge in [0.2, 0.25) is 0 Å². The summed E-state index contributed by atoms with van der Waals surface area (Å²) >= 11 is 0. The molecule has 2 aliphatic rings. The number of pyridine rings is 1. The summed E-state index contributed by atoms with van der Waals surface area (Å²) in [4.78, 5) is 29.1. The normalized spacial score (nSPS) is 19.6. The highest BCUT2D eigenvalue weighted by atomic mass is 16.8. The van der Waals surface area contributed by atoms with Crippen LogP contribution in [0.2, 0.25) is 0 Å². The van der Waals surface area contributed by atoms with Crippen molar-refractivity contribution in [2.75, 3.05) is 26.2 Å². The maximum Gasteiger partial charge on any atom is 0.509 e. The maximum atomic E-state index is 12.1. The Balaban J connectivity index is 1.41. The van der Waals surface area contributed by atoms with Gasteiger partial charge in [0, 0.05) is 50.8 Å². The van der Waals surface area contributed by atoms with Crippen LogP contribution in [0, 0.1) is 0 Å². The topological polar surface area (TPSA) is 80.8 Å². The first-order valence-corrected chi connectivity index (χ1v) is 7.45. The zero-order valence-corrected chi connectivity index (χ0v) is 12.3. The van der Waals surface area contributed by atoms with Crippen molar-refractivity contribution in [1.82, 2.24) is 15.2 Å². The van der Waals surface area contributed by atoms with Crippen molar-refractivity contribution < 1.29 is 19.1 Å². The first-order chi connectivity index (χ1) is 10.7. The smallest absolute Gasteiger partial charge is 0.430 e. The average Bonchev–Trinajstić information content (AvgIpc) is 2.89. The van der Waals surface area contributed by atoms with Crippen LogP contribution in [0.15, 0.2) is 24.4 Å². The summed E-state index contributed by atoms with van der Waals surface area (Å²) < 4.78 is 10.1. The van der Waals surface area contributed by atoms with Gasteiger partial charge < -0.3 is 19.7 Å². The van der Waals surface area contributed by atoms with Crippen LogP contribution in [0.1, 0.15) is 18.5 Å². The van der Waals surface area contributed by atoms with Crippen molar-refractivity contribution in [3.8, 4) is 0 Å². The predicted molar refractivity (Wildman–Crippen MR) is 77.3 cm³/mol. The number of cyclic esters (lactones) is 1. The number of likely N-dealkylation sites (tertiary alicyclic amines) is 1. The van der Waals surface area contributed by atoms with Crippen LogP contribution >= 0.6 is 0 Å². The third-order valence-corrected chi connectivity index (χ3v) is 4.10. The predicted octanol–water partition coefficient (Wildman–Crippen LogP) is 1.34. The SMILES string of the molecule is O=C1OCC2(CCN(C(=O)NCCc3ccccn3)CC2)O1. The van der Waals surface area contributed by atoms with E-state index < -0.39 is 11.8 Å². The molecule has 0 aliphatic carbocycles. The summed E-state index contributed by atoms with van der Waals surface area (Å²) in [5.74, 6) is 0. The van der Waals surface area contributed by atoms with Gasteiger partial charge in [-0.15, -0.1) is 0 Å². The first kappa shape index (κ1) is 14.6. The molecule has 2 fully saturated rings. The zero-order chi connectivity index (χ0) is 15.4. The largest absolute Gasteiger partial charge is 0.509 e. The fraction of sp³-hybridized carbons (Fsp3) is 0.533. The summed E-state index contributed by atoms with van der Waals surface area (Å²) in [6, 6.07) is 5.64. The molecule has 1 aromatic rings. The van der Waals surface area contributed by atoms with Crippen LogP contribution in [0.4, 0.5) is 9.59 Å². The molecule has 0 atom stereocenters. The highest BCUT2D eigenvalue weighted by molar-refractivity contribution is 5.74. The Morgan fingerprint density at radius 1 is 1.36 bits per heavy atom. The molecule has 7 heteroatoms. The summed E-state index contributed by atoms with van der Waals surface area (Å²) in [6.07, 6.45) is 3.08. The minimum absolute atomic E-state index is 0.0870. The summed E-state index contributed by atoms with van der Waals surface area (Å²) in [6.45, 7) is 1.97. The number of piperidine rings is 1. The lowest BCUT2D eigenvalue weighted by molar-refractivity contribution is 0.00940. The molecule has 0 bridgehead atoms. The number of urea groups is 1. The molecular formula is C15H19N3O4. The maximum absolute atomic E-state index is 12.1. The molecule has 2 saturated heterocycles. The molecular weight excluding hydrogens is 286 g/mol. The second-order valence-corrected chi connectivity index (χ2v) is 5.61. The second kappa shape index (κ2) is 6.21. The summed E-state index contributed by atoms with van der Waals surface area (Å²) in [5.41, 5.74) is 0.428. The van der Waals surface area contributed by atoms with Crippen LogP contribution in [-0.2, 0) is 15.9 Å². The van der Waals surface area contributed by atoms with Gasteiger partial charge in [-0.25, -0.2) is 9.59 Å². The molecule has 0 unspecified atom stereocenters. The molecule has 0 radical (unpaired) electrons. The molecule has 2 amide bonds. The number of rotatable bonds is 3. The van der Waals surface area contributed by atoms with Crippen molar-refractivity contribution in [2.45, 2.75) is 24.9 Å². The lowest BCUT2D eigenvalue weighted by Gasteiger charge is -2.36. The van der Waals surface area contributed by atoms with Crippen molar-refractivity contribution in [3.63, 3.8) is 0 Å². The number of carbonyl (C=O) groups excluding carboxylic acids is 2. The molecule has 22 heavy (non-hydrogen) atoms. The van der Waals surface area contributed by atoms with Crippen LogP contribution in [0.5, 0.6) is 0 Å². The number of carbonyl (C=O) groups is 2. The van der Waals surface area contributed by atoms with Gasteiger partial charge >= 0.3 is 12.2 Å². The standard InChI is InChI=1S/C15H19N3O4/c19-13(17-8-4-12-3-1-2-7-16-12)18-9-5-15(6-10-18)11-21-14(20)22-15/h1-3,7H,4-6,8-11H2,(H,17,19). The molecule has 1 spiro atoms. The number of nitrogens with one attached hydrogen (secondary N) is 1. The Hall–Kier alpha value is -2.31. The van der Waals surface area contributed by atoms with E-state index in [9.17, 15) is 9.59 Å². The number of hydrogen-bond donors (Lipinski definition) is 1. The van der Waals surface area contributed by atoms with Gasteiger partial charge in [0.05, 0.1) is 0 Å². The fourth-order valence-corrected chi connectivity index (χ4v) is 2.75. The molecule has 1 N–H and O–H groups in total. The molecule has 3 heterocycles. The Morgan fingerprint density at radius 2 is 2.18 bits per heavy atom. The minimum Gasteiger partial charge on any atom is -0.430 e. The zero-order valence-electron chi connectivity index (χ0n) is 12.3. The monoisotopic (exact) mass is 305 g/mol. The second-order valence-electron chi connectivity index (χ2n) is 5.61. The Labute approximate surface area is 128 Å². The summed E-state index contributed by atoms with van der Waals surface area (Å²) in [7, 11) is 0. The quantitative estimate of drug-likeness (QED) is 0.852. The van der Waals surface area contributed by atoms with E-state index in [1.165, 1.54) is 0 Å². The third kappa shape index (κ3) is 3.29. The van der Waals surface area contributed by atoms with Crippen LogP contribution in [0.3, 0.4) is 0 Å². The van der Waals surface area contributed by atoms with Crippen LogP contribution in [0.25, 0.3) is 0 Å². The first-order valence-electron chi connectivity index (χ1n) is 7.45. The number of nitrogens with zero attached hydrogens (tertiary/aromatic N) is 2. The lowest BCUT2D eigenvalue weighted by Crippen LogP contribution is -2.51. The fourth-order valence-electron chi connectivity index (χ4n) is 2.75. The molecule has 3 rings (SSSR count). The van der Waals surface area contributed by atoms with Gasteiger partial charge in [-0.3, -0.25) is 4.98 Å². The van der Waals surface area contributed by atoms with Gasteiger partial charge in [-0.2, -0.15) is 0 Å². The Kier molecular flexibility index (Phi) is 4.13. The van der Waals surface area contributed by atoms with Crippen LogP contribution < -0.4 is 5.32 Å². The highest BCUT2D eigenvalue weighted by Gasteiger charge is 2.45. The van der Waals surface area contributed by atoms with E-state index in [0.717, 1.165) is 5.69 Å². The number of aromatic nitrogens is 1. The van der Waals surface area contributed by atoms with Crippen LogP contribution in [-0.4, -0.2) is 53.9 Å². The van der Waals surface area contributed by atoms with Crippen molar-refractivity contribution in [3.05, 3.63) is 30.1 Å². The molecule has 1 aromatic heterocycles. The summed E-state index contributed by atoms with van der Waals surface area (Å²) in [5, 5.41) is 2.90. The van der Waals surface area contributed by atoms with E-state index in [1.54, 1.807) is 11.1 Å². The van der Waals surface area contributed by atoms with E-state index in [2.05, 4.69) is 10.3 Å². The Morgan fingerprint density at radius 3 is 2.82 bits per heavy atom. The van der Waals surface area contributed by atoms with Gasteiger partial charge in [-0.05, 0) is 12.1 Å². The average molecular weight is 305 g/mol. The third-order valence-electron chi connectivity index (χ3n) is 4.10. The van der Waals surface area contributed by atoms with Crippen molar-refractivity contribution >= 4 is 12.2 Å². The molecule has 0 saturated carbocycles. The molecule has 2 aliphatic heterocycles. The number of amides is 2. The van der Waals surface area contributed by atoms with Gasteiger partial charge in [-0.1, -0.05) is 6.07 Å². The van der Waals surface area contributed by atoms with Crippen molar-refractivity contribution in [1.29, 1.82) is 0 Å².